The van der Waals surface area contributed by atoms with Crippen molar-refractivity contribution in [3.05, 3.63) is 35.5 Å². The van der Waals surface area contributed by atoms with Gasteiger partial charge < -0.3 is 10.5 Å². The first kappa shape index (κ1) is 10.9. The summed E-state index contributed by atoms with van der Waals surface area (Å²) in [7, 11) is 1.27. The molecule has 1 aromatic heterocycles. The lowest BCUT2D eigenvalue weighted by molar-refractivity contribution is 0.0602. The number of nitrogens with zero attached hydrogens (tertiary/aromatic N) is 2. The zero-order valence-electron chi connectivity index (χ0n) is 9.10. The number of hydrogen-bond donors (Lipinski definition) is 1. The number of methoxy groups -OCH3 is 1. The van der Waals surface area contributed by atoms with Crippen molar-refractivity contribution in [3.8, 4) is 6.07 Å². The number of rotatable bonds is 1. The number of nitriles is 1. The molecule has 0 aliphatic rings. The van der Waals surface area contributed by atoms with E-state index in [-0.39, 0.29) is 16.8 Å². The van der Waals surface area contributed by atoms with E-state index in [1.165, 1.54) is 7.11 Å². The van der Waals surface area contributed by atoms with Crippen LogP contribution in [0.15, 0.2) is 24.4 Å². The van der Waals surface area contributed by atoms with E-state index >= 15 is 0 Å². The third-order valence-electron chi connectivity index (χ3n) is 2.45. The number of aromatic nitrogens is 1. The minimum atomic E-state index is -0.565. The fourth-order valence-corrected chi connectivity index (χ4v) is 1.63. The van der Waals surface area contributed by atoms with Crippen LogP contribution in [0.5, 0.6) is 0 Å². The Kier molecular flexibility index (Phi) is 2.63. The van der Waals surface area contributed by atoms with Crippen molar-refractivity contribution in [1.29, 1.82) is 5.26 Å². The molecule has 0 saturated carbocycles. The Hall–Kier alpha value is -2.61. The molecule has 2 N–H and O–H groups in total. The largest absolute Gasteiger partial charge is 0.465 e. The molecule has 17 heavy (non-hydrogen) atoms. The summed E-state index contributed by atoms with van der Waals surface area (Å²) in [5, 5.41) is 9.75. The monoisotopic (exact) mass is 227 g/mol. The first-order valence-electron chi connectivity index (χ1n) is 4.84. The highest BCUT2D eigenvalue weighted by atomic mass is 16.5. The molecule has 5 heteroatoms. The van der Waals surface area contributed by atoms with Crippen molar-refractivity contribution >= 4 is 22.6 Å². The topological polar surface area (TPSA) is 89.0 Å². The highest BCUT2D eigenvalue weighted by molar-refractivity contribution is 6.03. The predicted octanol–water partition coefficient (Wildman–Crippen LogP) is 1.48. The van der Waals surface area contributed by atoms with Crippen LogP contribution >= 0.6 is 0 Å². The molecule has 0 aliphatic heterocycles. The maximum absolute atomic E-state index is 11.5. The molecule has 5 nitrogen and oxygen atoms in total. The molecular weight excluding hydrogens is 218 g/mol. The molecule has 1 heterocycles. The van der Waals surface area contributed by atoms with Gasteiger partial charge in [0, 0.05) is 11.6 Å². The SMILES string of the molecule is COC(=O)c1cc2cccnc2c(C#N)c1N. The summed E-state index contributed by atoms with van der Waals surface area (Å²) >= 11 is 0. The Morgan fingerprint density at radius 2 is 2.35 bits per heavy atom. The van der Waals surface area contributed by atoms with E-state index in [2.05, 4.69) is 9.72 Å². The summed E-state index contributed by atoms with van der Waals surface area (Å²) in [6.07, 6.45) is 1.57. The van der Waals surface area contributed by atoms with Gasteiger partial charge in [-0.2, -0.15) is 5.26 Å². The molecular formula is C12H9N3O2. The number of nitrogens with two attached hydrogens (primary N) is 1. The maximum atomic E-state index is 11.5. The molecule has 0 aliphatic carbocycles. The maximum Gasteiger partial charge on any atom is 0.340 e. The van der Waals surface area contributed by atoms with Crippen LogP contribution in [0.25, 0.3) is 10.9 Å². The molecule has 0 atom stereocenters. The van der Waals surface area contributed by atoms with Gasteiger partial charge in [0.15, 0.2) is 0 Å². The minimum absolute atomic E-state index is 0.102. The van der Waals surface area contributed by atoms with Crippen molar-refractivity contribution in [2.75, 3.05) is 12.8 Å². The van der Waals surface area contributed by atoms with E-state index < -0.39 is 5.97 Å². The molecule has 0 fully saturated rings. The molecule has 84 valence electrons. The van der Waals surface area contributed by atoms with Crippen molar-refractivity contribution in [3.63, 3.8) is 0 Å². The number of nitrogen functional groups attached to an aromatic ring is 1. The van der Waals surface area contributed by atoms with E-state index in [0.29, 0.717) is 10.9 Å². The minimum Gasteiger partial charge on any atom is -0.465 e. The summed E-state index contributed by atoms with van der Waals surface area (Å²) in [5.74, 6) is -0.565. The lowest BCUT2D eigenvalue weighted by Gasteiger charge is -2.08. The number of carbonyl (C=O) groups is 1. The summed E-state index contributed by atoms with van der Waals surface area (Å²) in [6, 6.07) is 7.02. The third kappa shape index (κ3) is 1.66. The first-order valence-corrected chi connectivity index (χ1v) is 4.84. The second kappa shape index (κ2) is 4.10. The molecule has 1 aromatic carbocycles. The highest BCUT2D eigenvalue weighted by Gasteiger charge is 2.17. The molecule has 0 radical (unpaired) electrons. The van der Waals surface area contributed by atoms with Crippen LogP contribution in [0.4, 0.5) is 5.69 Å². The Balaban J connectivity index is 2.86. The van der Waals surface area contributed by atoms with Crippen LogP contribution in [0.3, 0.4) is 0 Å². The second-order valence-electron chi connectivity index (χ2n) is 3.39. The Labute approximate surface area is 97.4 Å². The van der Waals surface area contributed by atoms with Crippen LogP contribution in [0.2, 0.25) is 0 Å². The van der Waals surface area contributed by atoms with Gasteiger partial charge in [-0.05, 0) is 12.1 Å². The molecule has 2 rings (SSSR count). The lowest BCUT2D eigenvalue weighted by Crippen LogP contribution is -2.08. The van der Waals surface area contributed by atoms with E-state index in [4.69, 9.17) is 11.0 Å². The zero-order chi connectivity index (χ0) is 12.4. The fraction of sp³-hybridized carbons (Fsp3) is 0.0833. The lowest BCUT2D eigenvalue weighted by atomic mass is 10.0. The number of fused-ring (bicyclic) bond motifs is 1. The summed E-state index contributed by atoms with van der Waals surface area (Å²) < 4.78 is 4.62. The van der Waals surface area contributed by atoms with Gasteiger partial charge in [0.25, 0.3) is 0 Å². The molecule has 0 unspecified atom stereocenters. The number of carbonyl (C=O) groups excluding carboxylic acids is 1. The number of pyridine rings is 1. The van der Waals surface area contributed by atoms with E-state index in [0.717, 1.165) is 0 Å². The highest BCUT2D eigenvalue weighted by Crippen LogP contribution is 2.26. The predicted molar refractivity (Wildman–Crippen MR) is 62.2 cm³/mol. The molecule has 0 amide bonds. The van der Waals surface area contributed by atoms with Gasteiger partial charge in [-0.1, -0.05) is 6.07 Å². The van der Waals surface area contributed by atoms with Crippen LogP contribution in [-0.2, 0) is 4.74 Å². The van der Waals surface area contributed by atoms with Crippen LogP contribution < -0.4 is 5.73 Å². The van der Waals surface area contributed by atoms with Gasteiger partial charge in [0.2, 0.25) is 0 Å². The zero-order valence-corrected chi connectivity index (χ0v) is 9.10. The standard InChI is InChI=1S/C12H9N3O2/c1-17-12(16)8-5-7-3-2-4-15-11(7)9(6-13)10(8)14/h2-5H,14H2,1H3. The first-order chi connectivity index (χ1) is 8.19. The Morgan fingerprint density at radius 3 is 3.00 bits per heavy atom. The van der Waals surface area contributed by atoms with Gasteiger partial charge in [-0.3, -0.25) is 4.98 Å². The van der Waals surface area contributed by atoms with E-state index in [1.54, 1.807) is 24.4 Å². The number of hydrogen-bond acceptors (Lipinski definition) is 5. The smallest absolute Gasteiger partial charge is 0.340 e. The van der Waals surface area contributed by atoms with Crippen LogP contribution in [0.1, 0.15) is 15.9 Å². The Morgan fingerprint density at radius 1 is 1.59 bits per heavy atom. The number of esters is 1. The molecule has 0 bridgehead atoms. The number of anilines is 1. The quantitative estimate of drug-likeness (QED) is 0.588. The van der Waals surface area contributed by atoms with Gasteiger partial charge in [-0.15, -0.1) is 0 Å². The summed E-state index contributed by atoms with van der Waals surface area (Å²) in [6.45, 7) is 0. The van der Waals surface area contributed by atoms with Crippen molar-refractivity contribution in [1.82, 2.24) is 4.98 Å². The van der Waals surface area contributed by atoms with Crippen molar-refractivity contribution in [2.45, 2.75) is 0 Å². The average Bonchev–Trinajstić information content (AvgIpc) is 2.37. The molecule has 0 saturated heterocycles. The van der Waals surface area contributed by atoms with Gasteiger partial charge in [0.05, 0.1) is 23.9 Å². The molecule has 0 spiro atoms. The van der Waals surface area contributed by atoms with Crippen LogP contribution in [-0.4, -0.2) is 18.1 Å². The number of ether oxygens (including phenoxy) is 1. The summed E-state index contributed by atoms with van der Waals surface area (Å²) in [4.78, 5) is 15.6. The normalized spacial score (nSPS) is 9.88. The van der Waals surface area contributed by atoms with E-state index in [9.17, 15) is 4.79 Å². The van der Waals surface area contributed by atoms with Crippen molar-refractivity contribution in [2.24, 2.45) is 0 Å². The third-order valence-corrected chi connectivity index (χ3v) is 2.45. The molecule has 2 aromatic rings. The second-order valence-corrected chi connectivity index (χ2v) is 3.39. The van der Waals surface area contributed by atoms with Gasteiger partial charge >= 0.3 is 5.97 Å². The fourth-order valence-electron chi connectivity index (χ4n) is 1.63. The Bertz CT molecular complexity index is 644. The van der Waals surface area contributed by atoms with Gasteiger partial charge in [0.1, 0.15) is 11.6 Å². The average molecular weight is 227 g/mol. The number of benzene rings is 1. The summed E-state index contributed by atoms with van der Waals surface area (Å²) in [5.41, 5.74) is 6.74. The van der Waals surface area contributed by atoms with Crippen LogP contribution in [0, 0.1) is 11.3 Å². The van der Waals surface area contributed by atoms with E-state index in [1.807, 2.05) is 6.07 Å². The van der Waals surface area contributed by atoms with Gasteiger partial charge in [-0.25, -0.2) is 4.79 Å². The van der Waals surface area contributed by atoms with Crippen molar-refractivity contribution < 1.29 is 9.53 Å².